The molecule has 144 valence electrons. The van der Waals surface area contributed by atoms with E-state index in [0.717, 1.165) is 11.3 Å². The second-order valence-electron chi connectivity index (χ2n) is 5.70. The van der Waals surface area contributed by atoms with Gasteiger partial charge in [0.05, 0.1) is 16.4 Å². The van der Waals surface area contributed by atoms with Gasteiger partial charge in [0.1, 0.15) is 0 Å². The normalized spacial score (nSPS) is 11.0. The second-order valence-corrected chi connectivity index (χ2v) is 8.24. The number of nitrogens with two attached hydrogens (primary N) is 1. The Morgan fingerprint density at radius 3 is 2.19 bits per heavy atom. The number of anilines is 1. The summed E-state index contributed by atoms with van der Waals surface area (Å²) in [6.07, 6.45) is 0.565. The number of primary sulfonamides is 1. The predicted molar refractivity (Wildman–Crippen MR) is 107 cm³/mol. The first-order chi connectivity index (χ1) is 12.8. The van der Waals surface area contributed by atoms with E-state index in [1.165, 1.54) is 23.9 Å². The molecule has 0 spiro atoms. The van der Waals surface area contributed by atoms with Gasteiger partial charge in [-0.05, 0) is 36.2 Å². The molecule has 0 saturated heterocycles. The monoisotopic (exact) mass is 407 g/mol. The van der Waals surface area contributed by atoms with Crippen LogP contribution in [0.25, 0.3) is 0 Å². The van der Waals surface area contributed by atoms with Crippen LogP contribution in [0.1, 0.15) is 5.56 Å². The van der Waals surface area contributed by atoms with Gasteiger partial charge < -0.3 is 10.6 Å². The van der Waals surface area contributed by atoms with Crippen LogP contribution in [0.5, 0.6) is 0 Å². The number of hydrogen-bond acceptors (Lipinski definition) is 5. The number of carbonyl (C=O) groups excluding carboxylic acids is 2. The van der Waals surface area contributed by atoms with Gasteiger partial charge in [0.2, 0.25) is 21.8 Å². The zero-order chi connectivity index (χ0) is 19.7. The third-order valence-corrected chi connectivity index (χ3v) is 5.37. The quantitative estimate of drug-likeness (QED) is 0.580. The number of para-hydroxylation sites is 1. The van der Waals surface area contributed by atoms with Gasteiger partial charge in [-0.1, -0.05) is 30.3 Å². The first-order valence-corrected chi connectivity index (χ1v) is 10.9. The average Bonchev–Trinajstić information content (AvgIpc) is 2.62. The highest BCUT2D eigenvalue weighted by atomic mass is 32.2. The summed E-state index contributed by atoms with van der Waals surface area (Å²) in [7, 11) is -3.70. The van der Waals surface area contributed by atoms with Crippen LogP contribution in [-0.2, 0) is 26.0 Å². The van der Waals surface area contributed by atoms with E-state index >= 15 is 0 Å². The number of rotatable bonds is 9. The van der Waals surface area contributed by atoms with Crippen LogP contribution in [-0.4, -0.2) is 38.3 Å². The number of carbonyl (C=O) groups is 2. The Morgan fingerprint density at radius 2 is 1.56 bits per heavy atom. The molecule has 0 unspecified atom stereocenters. The largest absolute Gasteiger partial charge is 0.355 e. The molecule has 0 saturated carbocycles. The Morgan fingerprint density at radius 1 is 0.926 bits per heavy atom. The van der Waals surface area contributed by atoms with Gasteiger partial charge in [-0.3, -0.25) is 9.59 Å². The Hall–Kier alpha value is -2.36. The summed E-state index contributed by atoms with van der Waals surface area (Å²) in [5, 5.41) is 10.6. The molecule has 9 heteroatoms. The number of benzene rings is 2. The van der Waals surface area contributed by atoms with Gasteiger partial charge in [-0.25, -0.2) is 13.6 Å². The molecule has 2 aromatic rings. The maximum absolute atomic E-state index is 11.8. The van der Waals surface area contributed by atoms with Gasteiger partial charge in [-0.2, -0.15) is 0 Å². The minimum atomic E-state index is -3.70. The molecule has 2 rings (SSSR count). The zero-order valence-electron chi connectivity index (χ0n) is 14.6. The fourth-order valence-electron chi connectivity index (χ4n) is 2.20. The number of nitrogens with one attached hydrogen (secondary N) is 2. The number of sulfonamides is 1. The molecule has 0 aliphatic heterocycles. The molecule has 0 bridgehead atoms. The summed E-state index contributed by atoms with van der Waals surface area (Å²) in [5.74, 6) is 0.0618. The summed E-state index contributed by atoms with van der Waals surface area (Å²) in [6.45, 7) is 0.421. The second kappa shape index (κ2) is 10.1. The van der Waals surface area contributed by atoms with E-state index in [1.807, 2.05) is 18.2 Å². The van der Waals surface area contributed by atoms with E-state index in [-0.39, 0.29) is 28.2 Å². The minimum absolute atomic E-state index is 0.0560. The molecular formula is C18H21N3O4S2. The van der Waals surface area contributed by atoms with Crippen LogP contribution in [0.15, 0.2) is 59.5 Å². The average molecular weight is 408 g/mol. The number of hydrogen-bond donors (Lipinski definition) is 3. The third kappa shape index (κ3) is 7.81. The van der Waals surface area contributed by atoms with Crippen molar-refractivity contribution >= 4 is 39.3 Å². The number of amides is 2. The van der Waals surface area contributed by atoms with Crippen molar-refractivity contribution in [3.05, 3.63) is 60.2 Å². The SMILES string of the molecule is NS(=O)(=O)c1ccc(CCNC(=O)CSCC(=O)Nc2ccccc2)cc1. The lowest BCUT2D eigenvalue weighted by Gasteiger charge is -2.07. The highest BCUT2D eigenvalue weighted by Crippen LogP contribution is 2.09. The summed E-state index contributed by atoms with van der Waals surface area (Å²) in [6, 6.07) is 15.3. The van der Waals surface area contributed by atoms with Crippen molar-refractivity contribution in [3.63, 3.8) is 0 Å². The lowest BCUT2D eigenvalue weighted by molar-refractivity contribution is -0.118. The van der Waals surface area contributed by atoms with Crippen molar-refractivity contribution < 1.29 is 18.0 Å². The topological polar surface area (TPSA) is 118 Å². The van der Waals surface area contributed by atoms with Gasteiger partial charge >= 0.3 is 0 Å². The summed E-state index contributed by atoms with van der Waals surface area (Å²) >= 11 is 1.23. The number of thioether (sulfide) groups is 1. The molecule has 2 aromatic carbocycles. The van der Waals surface area contributed by atoms with Crippen LogP contribution in [0.2, 0.25) is 0 Å². The van der Waals surface area contributed by atoms with E-state index in [0.29, 0.717) is 13.0 Å². The Labute approximate surface area is 162 Å². The van der Waals surface area contributed by atoms with Crippen LogP contribution < -0.4 is 15.8 Å². The summed E-state index contributed by atoms with van der Waals surface area (Å²) < 4.78 is 22.4. The van der Waals surface area contributed by atoms with Crippen molar-refractivity contribution in [3.8, 4) is 0 Å². The van der Waals surface area contributed by atoms with Gasteiger partial charge in [0.15, 0.2) is 0 Å². The van der Waals surface area contributed by atoms with Crippen molar-refractivity contribution in [2.75, 3.05) is 23.4 Å². The standard InChI is InChI=1S/C18H21N3O4S2/c19-27(24,25)16-8-6-14(7-9-16)10-11-20-17(22)12-26-13-18(23)21-15-4-2-1-3-5-15/h1-9H,10-13H2,(H,20,22)(H,21,23)(H2,19,24,25). The fraction of sp³-hybridized carbons (Fsp3) is 0.222. The highest BCUT2D eigenvalue weighted by Gasteiger charge is 2.08. The molecule has 0 radical (unpaired) electrons. The molecule has 0 aromatic heterocycles. The maximum atomic E-state index is 11.8. The molecule has 0 aliphatic rings. The highest BCUT2D eigenvalue weighted by molar-refractivity contribution is 8.00. The molecule has 2 amide bonds. The van der Waals surface area contributed by atoms with Gasteiger partial charge in [0, 0.05) is 12.2 Å². The fourth-order valence-corrected chi connectivity index (χ4v) is 3.36. The Bertz CT molecular complexity index is 869. The lowest BCUT2D eigenvalue weighted by atomic mass is 10.1. The van der Waals surface area contributed by atoms with E-state index in [2.05, 4.69) is 10.6 Å². The molecule has 0 heterocycles. The van der Waals surface area contributed by atoms with Crippen molar-refractivity contribution in [1.82, 2.24) is 5.32 Å². The maximum Gasteiger partial charge on any atom is 0.238 e. The van der Waals surface area contributed by atoms with Gasteiger partial charge in [-0.15, -0.1) is 11.8 Å². The molecule has 0 atom stereocenters. The molecule has 0 aliphatic carbocycles. The van der Waals surface area contributed by atoms with Crippen molar-refractivity contribution in [2.24, 2.45) is 5.14 Å². The van der Waals surface area contributed by atoms with E-state index in [4.69, 9.17) is 5.14 Å². The first-order valence-electron chi connectivity index (χ1n) is 8.16. The molecular weight excluding hydrogens is 386 g/mol. The predicted octanol–water partition coefficient (Wildman–Crippen LogP) is 1.36. The van der Waals surface area contributed by atoms with Crippen LogP contribution in [0.3, 0.4) is 0 Å². The third-order valence-electron chi connectivity index (χ3n) is 3.51. The molecule has 0 fully saturated rings. The zero-order valence-corrected chi connectivity index (χ0v) is 16.2. The van der Waals surface area contributed by atoms with E-state index in [9.17, 15) is 18.0 Å². The summed E-state index contributed by atoms with van der Waals surface area (Å²) in [5.41, 5.74) is 1.61. The van der Waals surface area contributed by atoms with Gasteiger partial charge in [0.25, 0.3) is 0 Å². The lowest BCUT2D eigenvalue weighted by Crippen LogP contribution is -2.28. The molecule has 4 N–H and O–H groups in total. The molecule has 27 heavy (non-hydrogen) atoms. The van der Waals surface area contributed by atoms with E-state index < -0.39 is 10.0 Å². The Kier molecular flexibility index (Phi) is 7.83. The van der Waals surface area contributed by atoms with Crippen molar-refractivity contribution in [1.29, 1.82) is 0 Å². The van der Waals surface area contributed by atoms with Crippen LogP contribution in [0.4, 0.5) is 5.69 Å². The van der Waals surface area contributed by atoms with Crippen molar-refractivity contribution in [2.45, 2.75) is 11.3 Å². The van der Waals surface area contributed by atoms with E-state index in [1.54, 1.807) is 24.3 Å². The minimum Gasteiger partial charge on any atom is -0.355 e. The molecule has 7 nitrogen and oxygen atoms in total. The smallest absolute Gasteiger partial charge is 0.238 e. The van der Waals surface area contributed by atoms with Crippen LogP contribution >= 0.6 is 11.8 Å². The Balaban J connectivity index is 1.63. The van der Waals surface area contributed by atoms with Crippen LogP contribution in [0, 0.1) is 0 Å². The summed E-state index contributed by atoms with van der Waals surface area (Å²) in [4.78, 5) is 23.6. The first kappa shape index (κ1) is 20.9.